The molecule has 102 valence electrons. The molecule has 0 fully saturated rings. The zero-order valence-corrected chi connectivity index (χ0v) is 12.7. The summed E-state index contributed by atoms with van der Waals surface area (Å²) in [6.45, 7) is 0. The minimum Gasteiger partial charge on any atom is -0.453 e. The number of fused-ring (bicyclic) bond motifs is 1. The van der Waals surface area contributed by atoms with Crippen molar-refractivity contribution in [2.45, 2.75) is 12.5 Å². The Labute approximate surface area is 126 Å². The van der Waals surface area contributed by atoms with Gasteiger partial charge in [0, 0.05) is 17.5 Å². The topological polar surface area (TPSA) is 38.1 Å². The van der Waals surface area contributed by atoms with E-state index in [1.165, 1.54) is 0 Å². The van der Waals surface area contributed by atoms with Crippen molar-refractivity contribution in [2.75, 3.05) is 7.05 Å². The lowest BCUT2D eigenvalue weighted by atomic mass is 10.1. The summed E-state index contributed by atoms with van der Waals surface area (Å²) in [4.78, 5) is 4.70. The van der Waals surface area contributed by atoms with E-state index in [4.69, 9.17) is 9.40 Å². The van der Waals surface area contributed by atoms with Crippen molar-refractivity contribution in [2.24, 2.45) is 0 Å². The van der Waals surface area contributed by atoms with Gasteiger partial charge in [-0.05, 0) is 47.2 Å². The van der Waals surface area contributed by atoms with Crippen molar-refractivity contribution in [3.8, 4) is 0 Å². The third-order valence-electron chi connectivity index (χ3n) is 3.36. The largest absolute Gasteiger partial charge is 0.453 e. The zero-order chi connectivity index (χ0) is 13.9. The van der Waals surface area contributed by atoms with Crippen molar-refractivity contribution in [3.63, 3.8) is 0 Å². The number of nitrogens with one attached hydrogen (secondary N) is 1. The van der Waals surface area contributed by atoms with E-state index in [1.54, 1.807) is 0 Å². The van der Waals surface area contributed by atoms with Gasteiger partial charge in [-0.2, -0.15) is 0 Å². The standard InChI is InChI=1S/C16H15BrN2O/c1-18-14(15-8-9-16(17)20-15)10-12-7-6-11-4-2-3-5-13(11)19-12/h2-9,14,18H,10H2,1H3. The Morgan fingerprint density at radius 1 is 1.15 bits per heavy atom. The minimum absolute atomic E-state index is 0.120. The quantitative estimate of drug-likeness (QED) is 0.782. The van der Waals surface area contributed by atoms with Gasteiger partial charge >= 0.3 is 0 Å². The molecule has 3 rings (SSSR count). The maximum absolute atomic E-state index is 5.62. The molecule has 20 heavy (non-hydrogen) atoms. The molecule has 0 spiro atoms. The van der Waals surface area contributed by atoms with Crippen molar-refractivity contribution in [1.82, 2.24) is 10.3 Å². The van der Waals surface area contributed by atoms with Gasteiger partial charge in [-0.3, -0.25) is 4.98 Å². The summed E-state index contributed by atoms with van der Waals surface area (Å²) in [5, 5.41) is 4.44. The highest BCUT2D eigenvalue weighted by Gasteiger charge is 2.15. The normalized spacial score (nSPS) is 12.7. The number of hydrogen-bond donors (Lipinski definition) is 1. The van der Waals surface area contributed by atoms with Crippen LogP contribution in [0.1, 0.15) is 17.5 Å². The molecule has 1 aromatic carbocycles. The molecule has 0 aliphatic carbocycles. The predicted molar refractivity (Wildman–Crippen MR) is 83.7 cm³/mol. The third kappa shape index (κ3) is 2.76. The van der Waals surface area contributed by atoms with Crippen molar-refractivity contribution >= 4 is 26.8 Å². The van der Waals surface area contributed by atoms with E-state index in [1.807, 2.05) is 37.4 Å². The fraction of sp³-hybridized carbons (Fsp3) is 0.188. The highest BCUT2D eigenvalue weighted by atomic mass is 79.9. The molecule has 3 aromatic rings. The molecular weight excluding hydrogens is 316 g/mol. The molecular formula is C16H15BrN2O. The Bertz CT molecular complexity index is 723. The van der Waals surface area contributed by atoms with Gasteiger partial charge in [0.2, 0.25) is 0 Å². The summed E-state index contributed by atoms with van der Waals surface area (Å²) < 4.78 is 6.37. The number of para-hydroxylation sites is 1. The Hall–Kier alpha value is -1.65. The van der Waals surface area contributed by atoms with Crippen LogP contribution in [0.25, 0.3) is 10.9 Å². The second kappa shape index (κ2) is 5.77. The van der Waals surface area contributed by atoms with Crippen LogP contribution < -0.4 is 5.32 Å². The molecule has 0 radical (unpaired) electrons. The van der Waals surface area contributed by atoms with Gasteiger partial charge in [-0.15, -0.1) is 0 Å². The Morgan fingerprint density at radius 3 is 2.75 bits per heavy atom. The lowest BCUT2D eigenvalue weighted by Crippen LogP contribution is -2.18. The Balaban J connectivity index is 1.87. The molecule has 0 amide bonds. The molecule has 1 atom stereocenters. The van der Waals surface area contributed by atoms with Gasteiger partial charge in [0.15, 0.2) is 4.67 Å². The van der Waals surface area contributed by atoms with Crippen LogP contribution in [0, 0.1) is 0 Å². The number of aromatic nitrogens is 1. The van der Waals surface area contributed by atoms with Crippen LogP contribution in [-0.2, 0) is 6.42 Å². The van der Waals surface area contributed by atoms with E-state index >= 15 is 0 Å². The molecule has 1 N–H and O–H groups in total. The van der Waals surface area contributed by atoms with Crippen LogP contribution in [0.5, 0.6) is 0 Å². The van der Waals surface area contributed by atoms with Gasteiger partial charge in [0.05, 0.1) is 11.6 Å². The average Bonchev–Trinajstić information content (AvgIpc) is 2.91. The number of likely N-dealkylation sites (N-methyl/N-ethyl adjacent to an activating group) is 1. The highest BCUT2D eigenvalue weighted by Crippen LogP contribution is 2.23. The lowest BCUT2D eigenvalue weighted by Gasteiger charge is -2.13. The maximum atomic E-state index is 5.62. The number of pyridine rings is 1. The van der Waals surface area contributed by atoms with Gasteiger partial charge in [-0.25, -0.2) is 0 Å². The summed E-state index contributed by atoms with van der Waals surface area (Å²) in [6, 6.07) is 16.4. The zero-order valence-electron chi connectivity index (χ0n) is 11.1. The highest BCUT2D eigenvalue weighted by molar-refractivity contribution is 9.10. The van der Waals surface area contributed by atoms with Crippen LogP contribution >= 0.6 is 15.9 Å². The Kier molecular flexibility index (Phi) is 3.85. The number of nitrogens with zero attached hydrogens (tertiary/aromatic N) is 1. The van der Waals surface area contributed by atoms with Crippen LogP contribution in [-0.4, -0.2) is 12.0 Å². The van der Waals surface area contributed by atoms with Crippen LogP contribution in [0.2, 0.25) is 0 Å². The first-order chi connectivity index (χ1) is 9.76. The Morgan fingerprint density at radius 2 is 2.00 bits per heavy atom. The van der Waals surface area contributed by atoms with Gasteiger partial charge in [0.25, 0.3) is 0 Å². The average molecular weight is 331 g/mol. The molecule has 2 heterocycles. The molecule has 2 aromatic heterocycles. The molecule has 0 aliphatic rings. The summed E-state index contributed by atoms with van der Waals surface area (Å²) in [5.41, 5.74) is 2.08. The molecule has 0 aliphatic heterocycles. The van der Waals surface area contributed by atoms with Crippen molar-refractivity contribution in [1.29, 1.82) is 0 Å². The number of rotatable bonds is 4. The molecule has 0 saturated carbocycles. The molecule has 3 nitrogen and oxygen atoms in total. The van der Waals surface area contributed by atoms with E-state index in [2.05, 4.69) is 39.4 Å². The SMILES string of the molecule is CNC(Cc1ccc2ccccc2n1)c1ccc(Br)o1. The first kappa shape index (κ1) is 13.3. The number of halogens is 1. The van der Waals surface area contributed by atoms with Crippen LogP contribution in [0.3, 0.4) is 0 Å². The van der Waals surface area contributed by atoms with Crippen LogP contribution in [0.4, 0.5) is 0 Å². The summed E-state index contributed by atoms with van der Waals surface area (Å²) in [7, 11) is 1.93. The summed E-state index contributed by atoms with van der Waals surface area (Å²) >= 11 is 3.34. The monoisotopic (exact) mass is 330 g/mol. The fourth-order valence-electron chi connectivity index (χ4n) is 2.29. The molecule has 4 heteroatoms. The number of furan rings is 1. The summed E-state index contributed by atoms with van der Waals surface area (Å²) in [6.07, 6.45) is 0.793. The lowest BCUT2D eigenvalue weighted by molar-refractivity contribution is 0.415. The van der Waals surface area contributed by atoms with Gasteiger partial charge in [-0.1, -0.05) is 24.3 Å². The van der Waals surface area contributed by atoms with Gasteiger partial charge < -0.3 is 9.73 Å². The van der Waals surface area contributed by atoms with Crippen molar-refractivity contribution in [3.05, 3.63) is 64.7 Å². The van der Waals surface area contributed by atoms with E-state index in [0.717, 1.165) is 33.4 Å². The molecule has 1 unspecified atom stereocenters. The minimum atomic E-state index is 0.120. The fourth-order valence-corrected chi connectivity index (χ4v) is 2.61. The predicted octanol–water partition coefficient (Wildman–Crippen LogP) is 4.09. The van der Waals surface area contributed by atoms with Crippen LogP contribution in [0.15, 0.2) is 57.6 Å². The van der Waals surface area contributed by atoms with E-state index in [9.17, 15) is 0 Å². The second-order valence-electron chi connectivity index (χ2n) is 4.68. The van der Waals surface area contributed by atoms with E-state index in [0.29, 0.717) is 0 Å². The van der Waals surface area contributed by atoms with E-state index < -0.39 is 0 Å². The van der Waals surface area contributed by atoms with Gasteiger partial charge in [0.1, 0.15) is 5.76 Å². The number of hydrogen-bond acceptors (Lipinski definition) is 3. The maximum Gasteiger partial charge on any atom is 0.169 e. The molecule has 0 bridgehead atoms. The summed E-state index contributed by atoms with van der Waals surface area (Å²) in [5.74, 6) is 0.911. The van der Waals surface area contributed by atoms with E-state index in [-0.39, 0.29) is 6.04 Å². The smallest absolute Gasteiger partial charge is 0.169 e. The third-order valence-corrected chi connectivity index (χ3v) is 3.78. The second-order valence-corrected chi connectivity index (χ2v) is 5.46. The first-order valence-corrected chi connectivity index (χ1v) is 7.33. The molecule has 0 saturated heterocycles. The first-order valence-electron chi connectivity index (χ1n) is 6.53. The van der Waals surface area contributed by atoms with Crippen molar-refractivity contribution < 1.29 is 4.42 Å². The number of benzene rings is 1.